The molecule has 0 spiro atoms. The van der Waals surface area contributed by atoms with Crippen molar-refractivity contribution < 1.29 is 29.9 Å². The van der Waals surface area contributed by atoms with Gasteiger partial charge in [-0.2, -0.15) is 0 Å². The van der Waals surface area contributed by atoms with Gasteiger partial charge in [0.2, 0.25) is 0 Å². The minimum atomic E-state index is -1.34. The summed E-state index contributed by atoms with van der Waals surface area (Å²) in [5.41, 5.74) is 3.99. The second-order valence-corrected chi connectivity index (χ2v) is 8.91. The highest BCUT2D eigenvalue weighted by atomic mass is 32.2. The maximum Gasteiger partial charge on any atom is 0.123 e. The Morgan fingerprint density at radius 3 is 2.30 bits per heavy atom. The van der Waals surface area contributed by atoms with Gasteiger partial charge in [0.1, 0.15) is 17.6 Å². The molecule has 2 aromatic rings. The fourth-order valence-corrected chi connectivity index (χ4v) is 5.22. The highest BCUT2D eigenvalue weighted by Gasteiger charge is 2.44. The molecule has 3 unspecified atom stereocenters. The van der Waals surface area contributed by atoms with Gasteiger partial charge < -0.3 is 29.9 Å². The van der Waals surface area contributed by atoms with Gasteiger partial charge in [-0.3, -0.25) is 0 Å². The van der Waals surface area contributed by atoms with Crippen LogP contribution in [0.1, 0.15) is 34.4 Å². The molecule has 2 aromatic carbocycles. The Hall–Kier alpha value is -1.77. The van der Waals surface area contributed by atoms with E-state index >= 15 is 0 Å². The topological polar surface area (TPSA) is 99.4 Å². The molecular formula is C23H30O6S. The van der Waals surface area contributed by atoms with Gasteiger partial charge >= 0.3 is 0 Å². The summed E-state index contributed by atoms with van der Waals surface area (Å²) in [4.78, 5) is 0. The SMILES string of the molecule is CCOc1ccc(Cc2cc(C3S[C@H](CO)[C@@H](O)C(O)C3O)c(OC)cc2C)cc1. The van der Waals surface area contributed by atoms with Crippen molar-refractivity contribution >= 4 is 11.8 Å². The third-order valence-corrected chi connectivity index (χ3v) is 7.12. The average Bonchev–Trinajstić information content (AvgIpc) is 2.75. The molecule has 1 aliphatic rings. The molecule has 164 valence electrons. The van der Waals surface area contributed by atoms with Crippen LogP contribution >= 0.6 is 11.8 Å². The van der Waals surface area contributed by atoms with E-state index in [9.17, 15) is 20.4 Å². The van der Waals surface area contributed by atoms with Crippen LogP contribution in [-0.2, 0) is 6.42 Å². The van der Waals surface area contributed by atoms with E-state index in [0.29, 0.717) is 18.8 Å². The molecule has 1 heterocycles. The van der Waals surface area contributed by atoms with E-state index in [2.05, 4.69) is 0 Å². The fourth-order valence-electron chi connectivity index (χ4n) is 3.78. The molecule has 0 aromatic heterocycles. The van der Waals surface area contributed by atoms with E-state index in [0.717, 1.165) is 28.0 Å². The Morgan fingerprint density at radius 2 is 1.70 bits per heavy atom. The highest BCUT2D eigenvalue weighted by molar-refractivity contribution is 8.00. The van der Waals surface area contributed by atoms with Crippen molar-refractivity contribution in [3.05, 3.63) is 58.7 Å². The van der Waals surface area contributed by atoms with E-state index in [1.807, 2.05) is 50.2 Å². The normalized spacial score (nSPS) is 26.4. The summed E-state index contributed by atoms with van der Waals surface area (Å²) >= 11 is 1.26. The molecule has 1 fully saturated rings. The summed E-state index contributed by atoms with van der Waals surface area (Å²) in [6, 6.07) is 11.9. The molecule has 1 aliphatic heterocycles. The van der Waals surface area contributed by atoms with Gasteiger partial charge in [0.15, 0.2) is 0 Å². The Kier molecular flexibility index (Phi) is 7.65. The summed E-state index contributed by atoms with van der Waals surface area (Å²) in [6.45, 7) is 4.29. The van der Waals surface area contributed by atoms with Gasteiger partial charge in [-0.15, -0.1) is 11.8 Å². The van der Waals surface area contributed by atoms with Crippen LogP contribution in [0.3, 0.4) is 0 Å². The zero-order valence-corrected chi connectivity index (χ0v) is 18.3. The summed E-state index contributed by atoms with van der Waals surface area (Å²) in [6.07, 6.45) is -3.01. The maximum atomic E-state index is 10.6. The number of aliphatic hydroxyl groups excluding tert-OH is 4. The predicted octanol–water partition coefficient (Wildman–Crippen LogP) is 2.22. The molecule has 6 nitrogen and oxygen atoms in total. The van der Waals surface area contributed by atoms with Gasteiger partial charge in [0, 0.05) is 5.56 Å². The molecule has 0 saturated carbocycles. The Bertz CT molecular complexity index is 838. The average molecular weight is 435 g/mol. The third-order valence-electron chi connectivity index (χ3n) is 5.52. The van der Waals surface area contributed by atoms with Crippen LogP contribution in [0.25, 0.3) is 0 Å². The second kappa shape index (κ2) is 10.0. The van der Waals surface area contributed by atoms with Crippen molar-refractivity contribution in [3.63, 3.8) is 0 Å². The number of thioether (sulfide) groups is 1. The zero-order valence-electron chi connectivity index (χ0n) is 17.5. The lowest BCUT2D eigenvalue weighted by Crippen LogP contribution is -2.51. The van der Waals surface area contributed by atoms with Crippen molar-refractivity contribution in [3.8, 4) is 11.5 Å². The Labute approximate surface area is 181 Å². The number of rotatable bonds is 7. The lowest BCUT2D eigenvalue weighted by atomic mass is 9.92. The van der Waals surface area contributed by atoms with Crippen LogP contribution in [0, 0.1) is 6.92 Å². The first-order chi connectivity index (χ1) is 14.4. The molecule has 0 radical (unpaired) electrons. The first kappa shape index (κ1) is 22.9. The predicted molar refractivity (Wildman–Crippen MR) is 117 cm³/mol. The van der Waals surface area contributed by atoms with Crippen LogP contribution in [0.4, 0.5) is 0 Å². The number of hydrogen-bond acceptors (Lipinski definition) is 7. The number of aliphatic hydroxyl groups is 4. The van der Waals surface area contributed by atoms with Gasteiger partial charge in [-0.05, 0) is 55.2 Å². The first-order valence-corrected chi connectivity index (χ1v) is 11.0. The van der Waals surface area contributed by atoms with Crippen molar-refractivity contribution in [1.82, 2.24) is 0 Å². The largest absolute Gasteiger partial charge is 0.496 e. The molecule has 1 saturated heterocycles. The second-order valence-electron chi connectivity index (χ2n) is 7.52. The van der Waals surface area contributed by atoms with E-state index in [-0.39, 0.29) is 6.61 Å². The number of ether oxygens (including phenoxy) is 2. The van der Waals surface area contributed by atoms with E-state index in [4.69, 9.17) is 9.47 Å². The minimum Gasteiger partial charge on any atom is -0.496 e. The Morgan fingerprint density at radius 1 is 1.00 bits per heavy atom. The summed E-state index contributed by atoms with van der Waals surface area (Å²) in [7, 11) is 1.57. The molecule has 7 heteroatoms. The van der Waals surface area contributed by atoms with Crippen molar-refractivity contribution in [1.29, 1.82) is 0 Å². The number of benzene rings is 2. The van der Waals surface area contributed by atoms with Crippen LogP contribution in [-0.4, -0.2) is 64.3 Å². The van der Waals surface area contributed by atoms with Crippen LogP contribution in [0.2, 0.25) is 0 Å². The lowest BCUT2D eigenvalue weighted by Gasteiger charge is -2.40. The molecule has 30 heavy (non-hydrogen) atoms. The summed E-state index contributed by atoms with van der Waals surface area (Å²) in [5, 5.41) is 39.5. The smallest absolute Gasteiger partial charge is 0.123 e. The minimum absolute atomic E-state index is 0.292. The van der Waals surface area contributed by atoms with Crippen molar-refractivity contribution in [2.24, 2.45) is 0 Å². The van der Waals surface area contributed by atoms with E-state index in [1.165, 1.54) is 11.8 Å². The van der Waals surface area contributed by atoms with Gasteiger partial charge in [-0.25, -0.2) is 0 Å². The standard InChI is InChI=1S/C23H30O6S/c1-4-29-16-7-5-14(6-8-16)10-15-11-17(18(28-3)9-13(15)2)23-22(27)21(26)20(25)19(12-24)30-23/h5-9,11,19-27H,4,10,12H2,1-3H3/t19-,20-,21?,22?,23?/m1/s1. The molecule has 5 atom stereocenters. The molecule has 3 rings (SSSR count). The molecular weight excluding hydrogens is 404 g/mol. The van der Waals surface area contributed by atoms with Gasteiger partial charge in [0.25, 0.3) is 0 Å². The molecule has 0 aliphatic carbocycles. The third kappa shape index (κ3) is 4.76. The van der Waals surface area contributed by atoms with Crippen molar-refractivity contribution in [2.75, 3.05) is 20.3 Å². The van der Waals surface area contributed by atoms with E-state index < -0.39 is 28.8 Å². The lowest BCUT2D eigenvalue weighted by molar-refractivity contribution is -0.0701. The first-order valence-electron chi connectivity index (χ1n) is 10.1. The summed E-state index contributed by atoms with van der Waals surface area (Å²) < 4.78 is 11.1. The van der Waals surface area contributed by atoms with Crippen LogP contribution < -0.4 is 9.47 Å². The van der Waals surface area contributed by atoms with Crippen LogP contribution in [0.15, 0.2) is 36.4 Å². The molecule has 0 amide bonds. The van der Waals surface area contributed by atoms with E-state index in [1.54, 1.807) is 7.11 Å². The number of hydrogen-bond donors (Lipinski definition) is 4. The fraction of sp³-hybridized carbons (Fsp3) is 0.478. The number of methoxy groups -OCH3 is 1. The maximum absolute atomic E-state index is 10.6. The van der Waals surface area contributed by atoms with Gasteiger partial charge in [0.05, 0.1) is 43.0 Å². The van der Waals surface area contributed by atoms with Crippen molar-refractivity contribution in [2.45, 2.75) is 49.1 Å². The quantitative estimate of drug-likeness (QED) is 0.530. The number of aryl methyl sites for hydroxylation is 1. The Balaban J connectivity index is 1.93. The zero-order chi connectivity index (χ0) is 21.8. The molecule has 4 N–H and O–H groups in total. The molecule has 0 bridgehead atoms. The van der Waals surface area contributed by atoms with Gasteiger partial charge in [-0.1, -0.05) is 18.2 Å². The highest BCUT2D eigenvalue weighted by Crippen LogP contribution is 2.46. The summed E-state index contributed by atoms with van der Waals surface area (Å²) in [5.74, 6) is 1.44. The van der Waals surface area contributed by atoms with Crippen LogP contribution in [0.5, 0.6) is 11.5 Å². The monoisotopic (exact) mass is 434 g/mol.